The number of benzene rings is 9. The van der Waals surface area contributed by atoms with Crippen molar-refractivity contribution in [3.63, 3.8) is 0 Å². The molecule has 0 saturated carbocycles. The minimum absolute atomic E-state index is 0.591. The molecule has 0 aliphatic heterocycles. The van der Waals surface area contributed by atoms with Gasteiger partial charge in [-0.15, -0.1) is 0 Å². The number of hydrogen-bond acceptors (Lipinski definition) is 4. The molecule has 11 rings (SSSR count). The fourth-order valence-electron chi connectivity index (χ4n) is 8.02. The zero-order valence-electron chi connectivity index (χ0n) is 29.6. The smallest absolute Gasteiger partial charge is 0.164 e. The Bertz CT molecular complexity index is 3270. The average Bonchev–Trinajstić information content (AvgIpc) is 3.64. The minimum Gasteiger partial charge on any atom is -0.456 e. The number of fused-ring (bicyclic) bond motifs is 7. The second-order valence-corrected chi connectivity index (χ2v) is 14.0. The standard InChI is InChI=1S/C51H31N3O/c1-2-12-32(13-3-1)36-18-10-19-38(28-36)49-52-50(39-25-24-33-14-4-5-16-35(33)29-39)54-51(53-49)45-31-47-48(43-22-9-8-21-42(43)45)44-27-26-37(30-46(44)55-47)41-23-11-17-34-15-6-7-20-40(34)41/h1-31H. The third-order valence-electron chi connectivity index (χ3n) is 10.7. The molecule has 0 spiro atoms. The largest absolute Gasteiger partial charge is 0.456 e. The minimum atomic E-state index is 0.591. The third kappa shape index (κ3) is 5.34. The van der Waals surface area contributed by atoms with Gasteiger partial charge in [0, 0.05) is 27.5 Å². The van der Waals surface area contributed by atoms with E-state index in [1.807, 2.05) is 6.07 Å². The number of rotatable bonds is 5. The van der Waals surface area contributed by atoms with Gasteiger partial charge in [0.15, 0.2) is 17.5 Å². The second-order valence-electron chi connectivity index (χ2n) is 14.0. The van der Waals surface area contributed by atoms with Crippen LogP contribution >= 0.6 is 0 Å². The van der Waals surface area contributed by atoms with E-state index in [4.69, 9.17) is 19.4 Å². The quantitative estimate of drug-likeness (QED) is 0.179. The van der Waals surface area contributed by atoms with Crippen LogP contribution in [0.25, 0.3) is 111 Å². The normalized spacial score (nSPS) is 11.6. The number of nitrogens with zero attached hydrogens (tertiary/aromatic N) is 3. The van der Waals surface area contributed by atoms with E-state index in [0.29, 0.717) is 17.5 Å². The van der Waals surface area contributed by atoms with Crippen LogP contribution in [-0.4, -0.2) is 15.0 Å². The zero-order valence-corrected chi connectivity index (χ0v) is 29.6. The Labute approximate surface area is 317 Å². The van der Waals surface area contributed by atoms with Crippen molar-refractivity contribution in [3.8, 4) is 56.4 Å². The molecule has 0 amide bonds. The predicted octanol–water partition coefficient (Wildman–Crippen LogP) is 13.6. The molecule has 0 radical (unpaired) electrons. The molecule has 0 aliphatic rings. The maximum atomic E-state index is 6.77. The van der Waals surface area contributed by atoms with Crippen molar-refractivity contribution in [3.05, 3.63) is 188 Å². The summed E-state index contributed by atoms with van der Waals surface area (Å²) in [6.07, 6.45) is 0. The molecule has 0 fully saturated rings. The highest BCUT2D eigenvalue weighted by atomic mass is 16.3. The van der Waals surface area contributed by atoms with Crippen molar-refractivity contribution >= 4 is 54.3 Å². The topological polar surface area (TPSA) is 51.8 Å². The third-order valence-corrected chi connectivity index (χ3v) is 10.7. The van der Waals surface area contributed by atoms with Gasteiger partial charge in [0.2, 0.25) is 0 Å². The fourth-order valence-corrected chi connectivity index (χ4v) is 8.02. The van der Waals surface area contributed by atoms with E-state index < -0.39 is 0 Å². The van der Waals surface area contributed by atoms with Crippen molar-refractivity contribution in [1.82, 2.24) is 15.0 Å². The Balaban J connectivity index is 1.13. The first kappa shape index (κ1) is 31.1. The van der Waals surface area contributed by atoms with E-state index in [9.17, 15) is 0 Å². The summed E-state index contributed by atoms with van der Waals surface area (Å²) in [4.78, 5) is 15.6. The lowest BCUT2D eigenvalue weighted by atomic mass is 9.96. The average molecular weight is 702 g/mol. The maximum absolute atomic E-state index is 6.77. The SMILES string of the molecule is c1ccc(-c2cccc(-c3nc(-c4ccc5ccccc5c4)nc(-c4cc5oc6cc(-c7cccc8ccccc78)ccc6c5c5ccccc45)n3)c2)cc1. The zero-order chi connectivity index (χ0) is 36.3. The first-order valence-electron chi connectivity index (χ1n) is 18.5. The Kier molecular flexibility index (Phi) is 7.14. The van der Waals surface area contributed by atoms with Crippen molar-refractivity contribution in [1.29, 1.82) is 0 Å². The molecule has 4 heteroatoms. The summed E-state index contributed by atoms with van der Waals surface area (Å²) in [7, 11) is 0. The molecular weight excluding hydrogens is 671 g/mol. The lowest BCUT2D eigenvalue weighted by molar-refractivity contribution is 0.669. The first-order valence-corrected chi connectivity index (χ1v) is 18.5. The Morgan fingerprint density at radius 1 is 0.291 bits per heavy atom. The Hall–Kier alpha value is -7.43. The van der Waals surface area contributed by atoms with Crippen LogP contribution < -0.4 is 0 Å². The van der Waals surface area contributed by atoms with E-state index in [1.54, 1.807) is 0 Å². The first-order chi connectivity index (χ1) is 27.2. The van der Waals surface area contributed by atoms with Crippen LogP contribution in [0.2, 0.25) is 0 Å². The highest BCUT2D eigenvalue weighted by Crippen LogP contribution is 2.42. The van der Waals surface area contributed by atoms with Gasteiger partial charge < -0.3 is 4.42 Å². The van der Waals surface area contributed by atoms with Crippen LogP contribution in [0, 0.1) is 0 Å². The molecule has 0 aliphatic carbocycles. The van der Waals surface area contributed by atoms with Gasteiger partial charge in [0.05, 0.1) is 0 Å². The molecule has 11 aromatic rings. The van der Waals surface area contributed by atoms with Crippen molar-refractivity contribution in [2.75, 3.05) is 0 Å². The van der Waals surface area contributed by atoms with Crippen molar-refractivity contribution in [2.45, 2.75) is 0 Å². The summed E-state index contributed by atoms with van der Waals surface area (Å²) in [5.41, 5.74) is 8.91. The summed E-state index contributed by atoms with van der Waals surface area (Å²) in [5, 5.41) is 9.03. The predicted molar refractivity (Wildman–Crippen MR) is 227 cm³/mol. The molecule has 0 saturated heterocycles. The van der Waals surface area contributed by atoms with Gasteiger partial charge in [-0.3, -0.25) is 0 Å². The molecule has 55 heavy (non-hydrogen) atoms. The molecule has 0 N–H and O–H groups in total. The summed E-state index contributed by atoms with van der Waals surface area (Å²) in [6, 6.07) is 65.7. The van der Waals surface area contributed by atoms with Crippen LogP contribution in [0.1, 0.15) is 0 Å². The molecule has 0 bridgehead atoms. The molecule has 9 aromatic carbocycles. The van der Waals surface area contributed by atoms with Gasteiger partial charge >= 0.3 is 0 Å². The highest BCUT2D eigenvalue weighted by molar-refractivity contribution is 6.22. The Morgan fingerprint density at radius 2 is 0.909 bits per heavy atom. The summed E-state index contributed by atoms with van der Waals surface area (Å²) in [5.74, 6) is 1.82. The lowest BCUT2D eigenvalue weighted by Crippen LogP contribution is -2.01. The summed E-state index contributed by atoms with van der Waals surface area (Å²) < 4.78 is 6.77. The van der Waals surface area contributed by atoms with Gasteiger partial charge in [-0.25, -0.2) is 15.0 Å². The van der Waals surface area contributed by atoms with Crippen LogP contribution in [0.15, 0.2) is 192 Å². The molecule has 0 unspecified atom stereocenters. The monoisotopic (exact) mass is 701 g/mol. The summed E-state index contributed by atoms with van der Waals surface area (Å²) >= 11 is 0. The number of hydrogen-bond donors (Lipinski definition) is 0. The second kappa shape index (κ2) is 12.6. The number of aromatic nitrogens is 3. The van der Waals surface area contributed by atoms with Crippen LogP contribution in [0.3, 0.4) is 0 Å². The molecule has 0 atom stereocenters. The molecular formula is C51H31N3O. The van der Waals surface area contributed by atoms with E-state index >= 15 is 0 Å². The van der Waals surface area contributed by atoms with E-state index in [0.717, 1.165) is 71.5 Å². The lowest BCUT2D eigenvalue weighted by Gasteiger charge is -2.12. The van der Waals surface area contributed by atoms with E-state index in [-0.39, 0.29) is 0 Å². The van der Waals surface area contributed by atoms with Gasteiger partial charge in [0.25, 0.3) is 0 Å². The van der Waals surface area contributed by atoms with E-state index in [1.165, 1.54) is 21.7 Å². The molecule has 4 nitrogen and oxygen atoms in total. The van der Waals surface area contributed by atoms with Crippen molar-refractivity contribution in [2.24, 2.45) is 0 Å². The van der Waals surface area contributed by atoms with Gasteiger partial charge in [0.1, 0.15) is 11.2 Å². The van der Waals surface area contributed by atoms with Crippen LogP contribution in [-0.2, 0) is 0 Å². The number of furan rings is 1. The highest BCUT2D eigenvalue weighted by Gasteiger charge is 2.20. The molecule has 256 valence electrons. The molecule has 2 heterocycles. The van der Waals surface area contributed by atoms with Crippen LogP contribution in [0.4, 0.5) is 0 Å². The molecule has 2 aromatic heterocycles. The van der Waals surface area contributed by atoms with Gasteiger partial charge in [-0.2, -0.15) is 0 Å². The van der Waals surface area contributed by atoms with Gasteiger partial charge in [-0.05, 0) is 84.9 Å². The Morgan fingerprint density at radius 3 is 1.76 bits per heavy atom. The maximum Gasteiger partial charge on any atom is 0.164 e. The summed E-state index contributed by atoms with van der Waals surface area (Å²) in [6.45, 7) is 0. The van der Waals surface area contributed by atoms with Gasteiger partial charge in [-0.1, -0.05) is 158 Å². The van der Waals surface area contributed by atoms with Crippen LogP contribution in [0.5, 0.6) is 0 Å². The van der Waals surface area contributed by atoms with Crippen molar-refractivity contribution < 1.29 is 4.42 Å². The fraction of sp³-hybridized carbons (Fsp3) is 0. The van der Waals surface area contributed by atoms with E-state index in [2.05, 4.69) is 182 Å².